The number of nitrogens with zero attached hydrogens (tertiary/aromatic N) is 2. The van der Waals surface area contributed by atoms with Crippen molar-refractivity contribution in [2.75, 3.05) is 13.1 Å². The molecule has 0 aromatic carbocycles. The van der Waals surface area contributed by atoms with Crippen molar-refractivity contribution in [1.29, 1.82) is 0 Å². The average Bonchev–Trinajstić information content (AvgIpc) is 2.38. The van der Waals surface area contributed by atoms with Crippen LogP contribution in [0.5, 0.6) is 0 Å². The van der Waals surface area contributed by atoms with Gasteiger partial charge in [0.1, 0.15) is 0 Å². The molecule has 3 nitrogen and oxygen atoms in total. The molecule has 1 saturated heterocycles. The molecule has 0 aliphatic carbocycles. The molecule has 0 bridgehead atoms. The minimum absolute atomic E-state index is 0.158. The summed E-state index contributed by atoms with van der Waals surface area (Å²) in [7, 11) is 0. The summed E-state index contributed by atoms with van der Waals surface area (Å²) in [6, 6.07) is 4.62. The molecule has 2 heterocycles. The number of aliphatic hydroxyl groups is 1. The van der Waals surface area contributed by atoms with Crippen LogP contribution >= 0.6 is 0 Å². The Balaban J connectivity index is 2.04. The molecule has 0 saturated carbocycles. The van der Waals surface area contributed by atoms with Crippen LogP contribution in [0, 0.1) is 0 Å². The highest BCUT2D eigenvalue weighted by atomic mass is 16.3. The molecule has 1 aromatic rings. The Morgan fingerprint density at radius 2 is 2.35 bits per heavy atom. The van der Waals surface area contributed by atoms with E-state index >= 15 is 0 Å². The van der Waals surface area contributed by atoms with Gasteiger partial charge in [-0.1, -0.05) is 13.0 Å². The summed E-state index contributed by atoms with van der Waals surface area (Å²) in [5.41, 5.74) is 2.39. The number of piperidine rings is 1. The molecule has 2 rings (SSSR count). The predicted molar refractivity (Wildman–Crippen MR) is 68.8 cm³/mol. The number of β-amino-alcohol motifs (C(OH)–C–C–N with tert-alkyl or cyclic N) is 1. The first-order chi connectivity index (χ1) is 8.20. The zero-order chi connectivity index (χ0) is 12.3. The molecule has 1 aliphatic heterocycles. The number of aryl methyl sites for hydroxylation is 1. The Morgan fingerprint density at radius 3 is 2.94 bits per heavy atom. The standard InChI is InChI=1S/C14H22N2O/c1-3-13-7-6-12(9-15-13)11(2)16-8-4-5-14(17)10-16/h6-7,9,11,14,17H,3-5,8,10H2,1-2H3/t11-,14+/m1/s1. The first-order valence-electron chi connectivity index (χ1n) is 6.57. The Labute approximate surface area is 103 Å². The summed E-state index contributed by atoms with van der Waals surface area (Å²) in [4.78, 5) is 6.79. The molecule has 3 heteroatoms. The third-order valence-corrected chi connectivity index (χ3v) is 3.67. The molecular formula is C14H22N2O. The molecule has 0 unspecified atom stereocenters. The monoisotopic (exact) mass is 234 g/mol. The zero-order valence-corrected chi connectivity index (χ0v) is 10.8. The van der Waals surface area contributed by atoms with Crippen molar-refractivity contribution in [3.63, 3.8) is 0 Å². The van der Waals surface area contributed by atoms with Crippen LogP contribution in [0.15, 0.2) is 18.3 Å². The number of aromatic nitrogens is 1. The van der Waals surface area contributed by atoms with Crippen LogP contribution in [0.2, 0.25) is 0 Å². The lowest BCUT2D eigenvalue weighted by atomic mass is 10.0. The fourth-order valence-electron chi connectivity index (χ4n) is 2.44. The maximum Gasteiger partial charge on any atom is 0.0667 e. The van der Waals surface area contributed by atoms with Crippen LogP contribution in [0.4, 0.5) is 0 Å². The normalized spacial score (nSPS) is 23.6. The molecule has 1 fully saturated rings. The van der Waals surface area contributed by atoms with Crippen molar-refractivity contribution in [3.05, 3.63) is 29.6 Å². The fraction of sp³-hybridized carbons (Fsp3) is 0.643. The summed E-state index contributed by atoms with van der Waals surface area (Å²) >= 11 is 0. The molecule has 94 valence electrons. The van der Waals surface area contributed by atoms with Crippen molar-refractivity contribution in [1.82, 2.24) is 9.88 Å². The van der Waals surface area contributed by atoms with Crippen molar-refractivity contribution in [2.24, 2.45) is 0 Å². The quantitative estimate of drug-likeness (QED) is 0.870. The van der Waals surface area contributed by atoms with Crippen LogP contribution in [0.3, 0.4) is 0 Å². The van der Waals surface area contributed by atoms with E-state index in [0.29, 0.717) is 6.04 Å². The van der Waals surface area contributed by atoms with Gasteiger partial charge < -0.3 is 5.11 Å². The number of rotatable bonds is 3. The molecule has 0 radical (unpaired) electrons. The molecule has 0 spiro atoms. The van der Waals surface area contributed by atoms with E-state index in [1.807, 2.05) is 6.20 Å². The van der Waals surface area contributed by atoms with Gasteiger partial charge in [-0.2, -0.15) is 0 Å². The van der Waals surface area contributed by atoms with E-state index in [9.17, 15) is 5.11 Å². The minimum atomic E-state index is -0.158. The van der Waals surface area contributed by atoms with E-state index in [1.54, 1.807) is 0 Å². The fourth-order valence-corrected chi connectivity index (χ4v) is 2.44. The lowest BCUT2D eigenvalue weighted by molar-refractivity contribution is 0.0503. The highest BCUT2D eigenvalue weighted by molar-refractivity contribution is 5.17. The van der Waals surface area contributed by atoms with Crippen molar-refractivity contribution < 1.29 is 5.11 Å². The van der Waals surface area contributed by atoms with Gasteiger partial charge in [-0.05, 0) is 44.4 Å². The average molecular weight is 234 g/mol. The number of aliphatic hydroxyl groups excluding tert-OH is 1. The third kappa shape index (κ3) is 3.05. The summed E-state index contributed by atoms with van der Waals surface area (Å²) in [6.07, 6.45) is 4.83. The lowest BCUT2D eigenvalue weighted by Crippen LogP contribution is -2.39. The van der Waals surface area contributed by atoms with E-state index in [4.69, 9.17) is 0 Å². The second kappa shape index (κ2) is 5.61. The second-order valence-electron chi connectivity index (χ2n) is 4.90. The first-order valence-corrected chi connectivity index (χ1v) is 6.57. The van der Waals surface area contributed by atoms with E-state index in [2.05, 4.69) is 35.9 Å². The summed E-state index contributed by atoms with van der Waals surface area (Å²) in [5.74, 6) is 0. The van der Waals surface area contributed by atoms with Gasteiger partial charge in [0.2, 0.25) is 0 Å². The highest BCUT2D eigenvalue weighted by Gasteiger charge is 2.22. The van der Waals surface area contributed by atoms with E-state index in [1.165, 1.54) is 5.56 Å². The SMILES string of the molecule is CCc1ccc([C@@H](C)N2CCC[C@H](O)C2)cn1. The van der Waals surface area contributed by atoms with Gasteiger partial charge in [0.25, 0.3) is 0 Å². The van der Waals surface area contributed by atoms with Gasteiger partial charge in [-0.25, -0.2) is 0 Å². The molecule has 1 aliphatic rings. The van der Waals surface area contributed by atoms with Gasteiger partial charge in [-0.15, -0.1) is 0 Å². The number of hydrogen-bond acceptors (Lipinski definition) is 3. The second-order valence-corrected chi connectivity index (χ2v) is 4.90. The van der Waals surface area contributed by atoms with Gasteiger partial charge in [0, 0.05) is 24.5 Å². The maximum absolute atomic E-state index is 9.70. The van der Waals surface area contributed by atoms with E-state index in [0.717, 1.165) is 38.0 Å². The van der Waals surface area contributed by atoms with Gasteiger partial charge in [-0.3, -0.25) is 9.88 Å². The smallest absolute Gasteiger partial charge is 0.0667 e. The van der Waals surface area contributed by atoms with Crippen LogP contribution in [-0.4, -0.2) is 34.2 Å². The number of hydrogen-bond donors (Lipinski definition) is 1. The molecule has 2 atom stereocenters. The molecular weight excluding hydrogens is 212 g/mol. The number of pyridine rings is 1. The predicted octanol–water partition coefficient (Wildman–Crippen LogP) is 2.16. The summed E-state index contributed by atoms with van der Waals surface area (Å²) < 4.78 is 0. The van der Waals surface area contributed by atoms with E-state index in [-0.39, 0.29) is 6.10 Å². The Kier molecular flexibility index (Phi) is 4.13. The largest absolute Gasteiger partial charge is 0.392 e. The Morgan fingerprint density at radius 1 is 1.53 bits per heavy atom. The number of likely N-dealkylation sites (tertiary alicyclic amines) is 1. The highest BCUT2D eigenvalue weighted by Crippen LogP contribution is 2.23. The lowest BCUT2D eigenvalue weighted by Gasteiger charge is -2.34. The van der Waals surface area contributed by atoms with E-state index < -0.39 is 0 Å². The van der Waals surface area contributed by atoms with Crippen LogP contribution in [0.25, 0.3) is 0 Å². The molecule has 1 N–H and O–H groups in total. The van der Waals surface area contributed by atoms with Gasteiger partial charge in [0.15, 0.2) is 0 Å². The van der Waals surface area contributed by atoms with Crippen molar-refractivity contribution >= 4 is 0 Å². The first kappa shape index (κ1) is 12.5. The van der Waals surface area contributed by atoms with Crippen molar-refractivity contribution in [3.8, 4) is 0 Å². The molecule has 1 aromatic heterocycles. The minimum Gasteiger partial charge on any atom is -0.392 e. The van der Waals surface area contributed by atoms with Crippen molar-refractivity contribution in [2.45, 2.75) is 45.3 Å². The Bertz CT molecular complexity index is 350. The van der Waals surface area contributed by atoms with Gasteiger partial charge >= 0.3 is 0 Å². The summed E-state index contributed by atoms with van der Waals surface area (Å²) in [5, 5.41) is 9.70. The zero-order valence-electron chi connectivity index (χ0n) is 10.8. The maximum atomic E-state index is 9.70. The molecule has 17 heavy (non-hydrogen) atoms. The molecule has 0 amide bonds. The summed E-state index contributed by atoms with van der Waals surface area (Å²) in [6.45, 7) is 6.18. The Hall–Kier alpha value is -0.930. The van der Waals surface area contributed by atoms with Crippen LogP contribution < -0.4 is 0 Å². The van der Waals surface area contributed by atoms with Crippen LogP contribution in [-0.2, 0) is 6.42 Å². The third-order valence-electron chi connectivity index (χ3n) is 3.67. The van der Waals surface area contributed by atoms with Crippen LogP contribution in [0.1, 0.15) is 44.0 Å². The van der Waals surface area contributed by atoms with Gasteiger partial charge in [0.05, 0.1) is 6.10 Å². The topological polar surface area (TPSA) is 36.4 Å².